The lowest BCUT2D eigenvalue weighted by atomic mass is 9.98. The highest BCUT2D eigenvalue weighted by atomic mass is 14.1. The van der Waals surface area contributed by atoms with Gasteiger partial charge in [-0.25, -0.2) is 0 Å². The van der Waals surface area contributed by atoms with Crippen molar-refractivity contribution in [2.45, 2.75) is 53.4 Å². The Bertz CT molecular complexity index is 630. The molecule has 0 heteroatoms. The molecule has 0 bridgehead atoms. The third-order valence-corrected chi connectivity index (χ3v) is 4.60. The van der Waals surface area contributed by atoms with Crippen LogP contribution in [0.15, 0.2) is 36.4 Å². The molecule has 0 unspecified atom stereocenters. The highest BCUT2D eigenvalue weighted by Crippen LogP contribution is 2.19. The van der Waals surface area contributed by atoms with Gasteiger partial charge in [0.05, 0.1) is 0 Å². The minimum absolute atomic E-state index is 1.20. The van der Waals surface area contributed by atoms with E-state index in [4.69, 9.17) is 0 Å². The third-order valence-electron chi connectivity index (χ3n) is 4.60. The summed E-state index contributed by atoms with van der Waals surface area (Å²) in [7, 11) is 0. The Morgan fingerprint density at radius 2 is 1.50 bits per heavy atom. The summed E-state index contributed by atoms with van der Waals surface area (Å²) in [6.45, 7) is 8.84. The highest BCUT2D eigenvalue weighted by Gasteiger charge is 2.00. The van der Waals surface area contributed by atoms with Gasteiger partial charge in [0.25, 0.3) is 0 Å². The summed E-state index contributed by atoms with van der Waals surface area (Å²) in [5.74, 6) is 0. The summed E-state index contributed by atoms with van der Waals surface area (Å²) >= 11 is 0. The number of unbranched alkanes of at least 4 members (excludes halogenated alkanes) is 2. The largest absolute Gasteiger partial charge is 0.0654 e. The number of hydrogen-bond donors (Lipinski definition) is 0. The van der Waals surface area contributed by atoms with Crippen LogP contribution in [0.5, 0.6) is 0 Å². The van der Waals surface area contributed by atoms with Crippen LogP contribution in [-0.4, -0.2) is 0 Å². The molecule has 0 aliphatic heterocycles. The van der Waals surface area contributed by atoms with Crippen LogP contribution in [-0.2, 0) is 6.42 Å². The van der Waals surface area contributed by atoms with E-state index in [0.29, 0.717) is 0 Å². The minimum atomic E-state index is 1.20. The van der Waals surface area contributed by atoms with Crippen molar-refractivity contribution < 1.29 is 0 Å². The number of rotatable bonds is 6. The second-order valence-electron chi connectivity index (χ2n) is 6.25. The summed E-state index contributed by atoms with van der Waals surface area (Å²) in [5.41, 5.74) is 8.19. The zero-order valence-electron chi connectivity index (χ0n) is 14.4. The fraction of sp³-hybridized carbons (Fsp3) is 0.364. The molecule has 116 valence electrons. The fourth-order valence-corrected chi connectivity index (χ4v) is 2.72. The Morgan fingerprint density at radius 3 is 2.18 bits per heavy atom. The zero-order valence-corrected chi connectivity index (χ0v) is 14.4. The van der Waals surface area contributed by atoms with E-state index >= 15 is 0 Å². The van der Waals surface area contributed by atoms with Gasteiger partial charge in [0.2, 0.25) is 0 Å². The molecule has 0 aliphatic carbocycles. The molecule has 0 atom stereocenters. The molecule has 0 fully saturated rings. The first kappa shape index (κ1) is 16.5. The lowest BCUT2D eigenvalue weighted by Crippen LogP contribution is -1.89. The minimum Gasteiger partial charge on any atom is -0.0654 e. The smallest absolute Gasteiger partial charge is 0.0224 e. The van der Waals surface area contributed by atoms with E-state index in [9.17, 15) is 0 Å². The Morgan fingerprint density at radius 1 is 0.773 bits per heavy atom. The molecule has 0 nitrogen and oxygen atoms in total. The third kappa shape index (κ3) is 4.34. The van der Waals surface area contributed by atoms with E-state index in [1.54, 1.807) is 0 Å². The van der Waals surface area contributed by atoms with Crippen LogP contribution in [0.4, 0.5) is 0 Å². The molecule has 0 aromatic heterocycles. The Hall–Kier alpha value is -1.82. The number of hydrogen-bond acceptors (Lipinski definition) is 0. The van der Waals surface area contributed by atoms with Crippen molar-refractivity contribution in [2.75, 3.05) is 0 Å². The summed E-state index contributed by atoms with van der Waals surface area (Å²) in [6.07, 6.45) is 9.56. The van der Waals surface area contributed by atoms with Crippen LogP contribution < -0.4 is 0 Å². The first-order valence-corrected chi connectivity index (χ1v) is 8.45. The fourth-order valence-electron chi connectivity index (χ4n) is 2.72. The molecule has 2 rings (SSSR count). The predicted octanol–water partition coefficient (Wildman–Crippen LogP) is 6.51. The van der Waals surface area contributed by atoms with E-state index in [2.05, 4.69) is 76.2 Å². The maximum absolute atomic E-state index is 2.27. The van der Waals surface area contributed by atoms with Gasteiger partial charge in [-0.2, -0.15) is 0 Å². The van der Waals surface area contributed by atoms with Crippen molar-refractivity contribution >= 4 is 12.2 Å². The normalized spacial score (nSPS) is 11.3. The summed E-state index contributed by atoms with van der Waals surface area (Å²) in [4.78, 5) is 0. The maximum atomic E-state index is 2.27. The van der Waals surface area contributed by atoms with Crippen LogP contribution in [0, 0.1) is 20.8 Å². The number of aryl methyl sites for hydroxylation is 2. The van der Waals surface area contributed by atoms with Crippen molar-refractivity contribution in [2.24, 2.45) is 0 Å². The van der Waals surface area contributed by atoms with Crippen LogP contribution in [0.1, 0.15) is 59.6 Å². The molecule has 22 heavy (non-hydrogen) atoms. The quantitative estimate of drug-likeness (QED) is 0.420. The van der Waals surface area contributed by atoms with E-state index < -0.39 is 0 Å². The van der Waals surface area contributed by atoms with E-state index in [1.807, 2.05) is 0 Å². The highest BCUT2D eigenvalue weighted by molar-refractivity contribution is 5.72. The molecule has 2 aromatic rings. The summed E-state index contributed by atoms with van der Waals surface area (Å²) < 4.78 is 0. The second-order valence-corrected chi connectivity index (χ2v) is 6.25. The molecule has 0 saturated heterocycles. The molecule has 0 heterocycles. The molecule has 0 amide bonds. The first-order chi connectivity index (χ1) is 10.6. The maximum Gasteiger partial charge on any atom is -0.0224 e. The van der Waals surface area contributed by atoms with Crippen LogP contribution in [0.3, 0.4) is 0 Å². The van der Waals surface area contributed by atoms with Crippen molar-refractivity contribution in [3.8, 4) is 0 Å². The van der Waals surface area contributed by atoms with Crippen molar-refractivity contribution in [1.29, 1.82) is 0 Å². The molecular weight excluding hydrogens is 264 g/mol. The first-order valence-electron chi connectivity index (χ1n) is 8.45. The van der Waals surface area contributed by atoms with Gasteiger partial charge in [-0.1, -0.05) is 68.3 Å². The van der Waals surface area contributed by atoms with Crippen molar-refractivity contribution in [3.63, 3.8) is 0 Å². The topological polar surface area (TPSA) is 0 Å². The van der Waals surface area contributed by atoms with Gasteiger partial charge in [0.15, 0.2) is 0 Å². The van der Waals surface area contributed by atoms with Gasteiger partial charge in [-0.05, 0) is 67.0 Å². The monoisotopic (exact) mass is 292 g/mol. The molecule has 0 N–H and O–H groups in total. The lowest BCUT2D eigenvalue weighted by molar-refractivity contribution is 0.717. The predicted molar refractivity (Wildman–Crippen MR) is 99.3 cm³/mol. The van der Waals surface area contributed by atoms with E-state index in [-0.39, 0.29) is 0 Å². The second kappa shape index (κ2) is 7.98. The standard InChI is InChI=1S/C22H28/c1-5-6-7-8-20-10-12-21(13-11-20)14-16-22-15-9-17(2)18(3)19(22)4/h9-16H,5-8H2,1-4H3. The van der Waals surface area contributed by atoms with Gasteiger partial charge < -0.3 is 0 Å². The average molecular weight is 292 g/mol. The molecule has 2 aromatic carbocycles. The van der Waals surface area contributed by atoms with Crippen LogP contribution in [0.25, 0.3) is 12.2 Å². The van der Waals surface area contributed by atoms with Crippen LogP contribution >= 0.6 is 0 Å². The van der Waals surface area contributed by atoms with Gasteiger partial charge in [-0.15, -0.1) is 0 Å². The average Bonchev–Trinajstić information content (AvgIpc) is 2.53. The summed E-state index contributed by atoms with van der Waals surface area (Å²) in [5, 5.41) is 0. The Balaban J connectivity index is 2.06. The van der Waals surface area contributed by atoms with Gasteiger partial charge in [0, 0.05) is 0 Å². The van der Waals surface area contributed by atoms with E-state index in [1.165, 1.54) is 59.1 Å². The van der Waals surface area contributed by atoms with Gasteiger partial charge in [-0.3, -0.25) is 0 Å². The number of benzene rings is 2. The van der Waals surface area contributed by atoms with Crippen molar-refractivity contribution in [3.05, 3.63) is 69.8 Å². The molecule has 0 spiro atoms. The van der Waals surface area contributed by atoms with Gasteiger partial charge in [0.1, 0.15) is 0 Å². The molecule has 0 radical (unpaired) electrons. The Labute approximate surface area is 135 Å². The van der Waals surface area contributed by atoms with Gasteiger partial charge >= 0.3 is 0 Å². The Kier molecular flexibility index (Phi) is 6.00. The lowest BCUT2D eigenvalue weighted by Gasteiger charge is -2.08. The zero-order chi connectivity index (χ0) is 15.9. The van der Waals surface area contributed by atoms with Crippen molar-refractivity contribution in [1.82, 2.24) is 0 Å². The van der Waals surface area contributed by atoms with Crippen LogP contribution in [0.2, 0.25) is 0 Å². The molecule has 0 saturated carbocycles. The van der Waals surface area contributed by atoms with E-state index in [0.717, 1.165) is 0 Å². The molecule has 0 aliphatic rings. The SMILES string of the molecule is CCCCCc1ccc(C=Cc2ccc(C)c(C)c2C)cc1. The molecular formula is C22H28. The summed E-state index contributed by atoms with van der Waals surface area (Å²) in [6, 6.07) is 13.4.